The third-order valence-corrected chi connectivity index (χ3v) is 5.91. The number of benzene rings is 1. The van der Waals surface area contributed by atoms with Crippen LogP contribution in [-0.2, 0) is 23.1 Å². The highest BCUT2D eigenvalue weighted by atomic mass is 32.2. The van der Waals surface area contributed by atoms with E-state index in [0.717, 1.165) is 39.0 Å². The van der Waals surface area contributed by atoms with Crippen molar-refractivity contribution >= 4 is 20.9 Å². The van der Waals surface area contributed by atoms with Gasteiger partial charge >= 0.3 is 0 Å². The third-order valence-electron chi connectivity index (χ3n) is 5.18. The Labute approximate surface area is 151 Å². The van der Waals surface area contributed by atoms with E-state index in [0.29, 0.717) is 5.92 Å². The maximum Gasteiger partial charge on any atom is 0.209 e. The van der Waals surface area contributed by atoms with E-state index in [1.54, 1.807) is 0 Å². The van der Waals surface area contributed by atoms with E-state index in [4.69, 9.17) is 0 Å². The fourth-order valence-corrected chi connectivity index (χ4v) is 4.92. The Kier molecular flexibility index (Phi) is 5.51. The summed E-state index contributed by atoms with van der Waals surface area (Å²) in [6.45, 7) is 7.88. The first-order valence-electron chi connectivity index (χ1n) is 9.17. The van der Waals surface area contributed by atoms with Crippen molar-refractivity contribution in [3.05, 3.63) is 36.0 Å². The number of aromatic nitrogens is 1. The van der Waals surface area contributed by atoms with Crippen LogP contribution < -0.4 is 4.72 Å². The Balaban J connectivity index is 1.78. The molecule has 2 aromatic rings. The smallest absolute Gasteiger partial charge is 0.209 e. The number of nitrogens with one attached hydrogen (secondary N) is 1. The summed E-state index contributed by atoms with van der Waals surface area (Å²) in [7, 11) is -3.17. The fourth-order valence-electron chi connectivity index (χ4n) is 4.10. The third kappa shape index (κ3) is 4.25. The lowest BCUT2D eigenvalue weighted by atomic mass is 9.99. The summed E-state index contributed by atoms with van der Waals surface area (Å²) in [5.74, 6) is 0.388. The lowest BCUT2D eigenvalue weighted by molar-refractivity contribution is 0.313. The summed E-state index contributed by atoms with van der Waals surface area (Å²) < 4.78 is 28.5. The van der Waals surface area contributed by atoms with Crippen LogP contribution in [0.5, 0.6) is 0 Å². The molecule has 1 saturated heterocycles. The zero-order valence-corrected chi connectivity index (χ0v) is 16.2. The number of sulfonamides is 1. The van der Waals surface area contributed by atoms with E-state index in [-0.39, 0.29) is 6.04 Å². The van der Waals surface area contributed by atoms with Crippen molar-refractivity contribution in [1.82, 2.24) is 14.2 Å². The zero-order chi connectivity index (χ0) is 18.0. The highest BCUT2D eigenvalue weighted by Crippen LogP contribution is 2.27. The average Bonchev–Trinajstić information content (AvgIpc) is 3.11. The van der Waals surface area contributed by atoms with Gasteiger partial charge in [-0.3, -0.25) is 4.90 Å². The van der Waals surface area contributed by atoms with Crippen LogP contribution in [-0.4, -0.2) is 43.3 Å². The predicted molar refractivity (Wildman–Crippen MR) is 103 cm³/mol. The molecule has 1 N–H and O–H groups in total. The van der Waals surface area contributed by atoms with Crippen LogP contribution in [0.3, 0.4) is 0 Å². The van der Waals surface area contributed by atoms with Crippen molar-refractivity contribution in [2.75, 3.05) is 19.3 Å². The summed E-state index contributed by atoms with van der Waals surface area (Å²) in [6.07, 6.45) is 5.54. The second-order valence-electron chi connectivity index (χ2n) is 7.19. The summed E-state index contributed by atoms with van der Waals surface area (Å²) in [4.78, 5) is 2.39. The molecule has 2 heterocycles. The van der Waals surface area contributed by atoms with E-state index in [1.807, 2.05) is 0 Å². The molecule has 5 nitrogen and oxygen atoms in total. The number of hydrogen-bond acceptors (Lipinski definition) is 3. The van der Waals surface area contributed by atoms with E-state index < -0.39 is 10.0 Å². The molecule has 0 radical (unpaired) electrons. The van der Waals surface area contributed by atoms with Gasteiger partial charge in [0, 0.05) is 49.3 Å². The van der Waals surface area contributed by atoms with Crippen LogP contribution in [0.25, 0.3) is 10.9 Å². The van der Waals surface area contributed by atoms with Crippen molar-refractivity contribution < 1.29 is 8.42 Å². The van der Waals surface area contributed by atoms with E-state index in [9.17, 15) is 8.42 Å². The summed E-state index contributed by atoms with van der Waals surface area (Å²) in [5, 5.41) is 1.30. The molecule has 1 aromatic carbocycles. The quantitative estimate of drug-likeness (QED) is 0.823. The van der Waals surface area contributed by atoms with Crippen molar-refractivity contribution in [1.29, 1.82) is 0 Å². The Bertz CT molecular complexity index is 828. The maximum absolute atomic E-state index is 11.7. The topological polar surface area (TPSA) is 54.3 Å². The van der Waals surface area contributed by atoms with Crippen LogP contribution in [0.1, 0.15) is 32.3 Å². The van der Waals surface area contributed by atoms with Gasteiger partial charge in [0.15, 0.2) is 0 Å². The standard InChI is InChI=1S/C19H29N3O2S/c1-4-7-16-13-21(14-18(16)20-25(3,23)24)12-15-8-6-9-19-17(15)10-11-22(19)5-2/h6,8-11,16,18,20H,4-5,7,12-14H2,1-3H3. The normalized spacial score (nSPS) is 22.0. The van der Waals surface area contributed by atoms with Crippen molar-refractivity contribution in [2.24, 2.45) is 5.92 Å². The molecule has 2 unspecified atom stereocenters. The average molecular weight is 364 g/mol. The van der Waals surface area contributed by atoms with Gasteiger partial charge in [-0.05, 0) is 37.0 Å². The molecular formula is C19H29N3O2S. The number of fused-ring (bicyclic) bond motifs is 1. The number of likely N-dealkylation sites (tertiary alicyclic amines) is 1. The van der Waals surface area contributed by atoms with Crippen molar-refractivity contribution in [3.8, 4) is 0 Å². The molecule has 0 aliphatic carbocycles. The number of nitrogens with zero attached hydrogens (tertiary/aromatic N) is 2. The lowest BCUT2D eigenvalue weighted by Crippen LogP contribution is -2.39. The Hall–Kier alpha value is -1.37. The SMILES string of the molecule is CCCC1CN(Cc2cccc3c2ccn3CC)CC1NS(C)(=O)=O. The van der Waals surface area contributed by atoms with Gasteiger partial charge in [0.05, 0.1) is 6.26 Å². The monoisotopic (exact) mass is 363 g/mol. The second kappa shape index (κ2) is 7.48. The van der Waals surface area contributed by atoms with Gasteiger partial charge in [-0.2, -0.15) is 0 Å². The van der Waals surface area contributed by atoms with Crippen molar-refractivity contribution in [2.45, 2.75) is 45.8 Å². The molecule has 0 bridgehead atoms. The van der Waals surface area contributed by atoms with Gasteiger partial charge < -0.3 is 4.57 Å². The minimum Gasteiger partial charge on any atom is -0.348 e. The highest BCUT2D eigenvalue weighted by Gasteiger charge is 2.33. The Morgan fingerprint density at radius 3 is 2.68 bits per heavy atom. The predicted octanol–water partition coefficient (Wildman–Crippen LogP) is 2.81. The van der Waals surface area contributed by atoms with Crippen molar-refractivity contribution in [3.63, 3.8) is 0 Å². The molecule has 6 heteroatoms. The van der Waals surface area contributed by atoms with Gasteiger partial charge in [0.1, 0.15) is 0 Å². The molecule has 1 aromatic heterocycles. The first-order valence-corrected chi connectivity index (χ1v) is 11.1. The number of rotatable bonds is 7. The minimum absolute atomic E-state index is 0.0226. The van der Waals surface area contributed by atoms with Crippen LogP contribution >= 0.6 is 0 Å². The molecule has 3 rings (SSSR count). The maximum atomic E-state index is 11.7. The minimum atomic E-state index is -3.17. The molecule has 1 aliphatic heterocycles. The van der Waals surface area contributed by atoms with Crippen LogP contribution in [0.15, 0.2) is 30.5 Å². The summed E-state index contributed by atoms with van der Waals surface area (Å²) >= 11 is 0. The largest absolute Gasteiger partial charge is 0.348 e. The molecule has 1 aliphatic rings. The summed E-state index contributed by atoms with van der Waals surface area (Å²) in [5.41, 5.74) is 2.59. The summed E-state index contributed by atoms with van der Waals surface area (Å²) in [6, 6.07) is 8.69. The molecule has 25 heavy (non-hydrogen) atoms. The van der Waals surface area contributed by atoms with E-state index in [2.05, 4.69) is 58.5 Å². The van der Waals surface area contributed by atoms with Gasteiger partial charge in [-0.25, -0.2) is 13.1 Å². The number of hydrogen-bond donors (Lipinski definition) is 1. The van der Waals surface area contributed by atoms with Gasteiger partial charge in [0.25, 0.3) is 0 Å². The molecule has 2 atom stereocenters. The highest BCUT2D eigenvalue weighted by molar-refractivity contribution is 7.88. The van der Waals surface area contributed by atoms with Crippen LogP contribution in [0.4, 0.5) is 0 Å². The fraction of sp³-hybridized carbons (Fsp3) is 0.579. The zero-order valence-electron chi connectivity index (χ0n) is 15.4. The van der Waals surface area contributed by atoms with Gasteiger partial charge in [-0.15, -0.1) is 0 Å². The Morgan fingerprint density at radius 1 is 1.20 bits per heavy atom. The first kappa shape index (κ1) is 18.4. The molecule has 138 valence electrons. The van der Waals surface area contributed by atoms with Crippen LogP contribution in [0, 0.1) is 5.92 Å². The molecular weight excluding hydrogens is 334 g/mol. The molecule has 0 saturated carbocycles. The molecule has 0 amide bonds. The Morgan fingerprint density at radius 2 is 2.00 bits per heavy atom. The van der Waals surface area contributed by atoms with Gasteiger partial charge in [0.2, 0.25) is 10.0 Å². The van der Waals surface area contributed by atoms with E-state index in [1.165, 1.54) is 22.7 Å². The molecule has 0 spiro atoms. The van der Waals surface area contributed by atoms with Gasteiger partial charge in [-0.1, -0.05) is 25.5 Å². The number of aryl methyl sites for hydroxylation is 1. The van der Waals surface area contributed by atoms with Crippen LogP contribution in [0.2, 0.25) is 0 Å². The van der Waals surface area contributed by atoms with E-state index >= 15 is 0 Å². The molecule has 1 fully saturated rings. The lowest BCUT2D eigenvalue weighted by Gasteiger charge is -2.17. The first-order chi connectivity index (χ1) is 11.9. The second-order valence-corrected chi connectivity index (χ2v) is 8.97.